The SMILES string of the molecule is COc1cc(/C=C2/SC(=O)N(CCNC(=O)C(C)n3cncn3)C2=O)ccc1OC(F)F. The van der Waals surface area contributed by atoms with Crippen LogP contribution in [0.1, 0.15) is 18.5 Å². The van der Waals surface area contributed by atoms with Gasteiger partial charge in [0.15, 0.2) is 11.5 Å². The standard InChI is InChI=1S/C19H19F2N5O5S/c1-11(26-10-22-9-24-26)16(27)23-5-6-25-17(28)15(32-19(25)29)8-12-3-4-13(31-18(20)21)14(7-12)30-2/h3-4,7-11,18H,5-6H2,1-2H3,(H,23,27)/b15-8+. The molecule has 1 atom stereocenters. The van der Waals surface area contributed by atoms with E-state index in [-0.39, 0.29) is 35.4 Å². The molecule has 32 heavy (non-hydrogen) atoms. The molecule has 2 heterocycles. The molecule has 0 bridgehead atoms. The van der Waals surface area contributed by atoms with Gasteiger partial charge >= 0.3 is 6.61 Å². The van der Waals surface area contributed by atoms with E-state index in [1.165, 1.54) is 48.7 Å². The molecule has 2 aromatic rings. The van der Waals surface area contributed by atoms with Crippen molar-refractivity contribution in [3.8, 4) is 11.5 Å². The Bertz CT molecular complexity index is 1030. The molecule has 3 amide bonds. The number of hydrogen-bond acceptors (Lipinski definition) is 8. The normalized spacial score (nSPS) is 16.0. The summed E-state index contributed by atoms with van der Waals surface area (Å²) in [5.74, 6) is -0.951. The minimum absolute atomic E-state index is 0.0116. The molecule has 1 aliphatic heterocycles. The second kappa shape index (κ2) is 10.2. The predicted molar refractivity (Wildman–Crippen MR) is 110 cm³/mol. The summed E-state index contributed by atoms with van der Waals surface area (Å²) >= 11 is 0.739. The molecule has 1 fully saturated rings. The summed E-state index contributed by atoms with van der Waals surface area (Å²) in [5, 5.41) is 6.05. The average molecular weight is 467 g/mol. The van der Waals surface area contributed by atoms with Gasteiger partial charge in [-0.05, 0) is 42.5 Å². The van der Waals surface area contributed by atoms with Crippen molar-refractivity contribution in [3.63, 3.8) is 0 Å². The van der Waals surface area contributed by atoms with Crippen LogP contribution in [-0.4, -0.2) is 63.5 Å². The number of methoxy groups -OCH3 is 1. The van der Waals surface area contributed by atoms with E-state index in [9.17, 15) is 23.2 Å². The summed E-state index contributed by atoms with van der Waals surface area (Å²) in [4.78, 5) is 42.0. The molecule has 0 saturated carbocycles. The Labute approximate surface area is 185 Å². The van der Waals surface area contributed by atoms with Crippen molar-refractivity contribution in [2.45, 2.75) is 19.6 Å². The molecule has 3 rings (SSSR count). The molecule has 0 radical (unpaired) electrons. The van der Waals surface area contributed by atoms with Crippen LogP contribution in [-0.2, 0) is 9.59 Å². The fraction of sp³-hybridized carbons (Fsp3) is 0.316. The molecule has 1 aromatic heterocycles. The Morgan fingerprint density at radius 3 is 2.75 bits per heavy atom. The maximum absolute atomic E-state index is 12.6. The van der Waals surface area contributed by atoms with Crippen molar-refractivity contribution in [2.75, 3.05) is 20.2 Å². The summed E-state index contributed by atoms with van der Waals surface area (Å²) in [5.41, 5.74) is 0.462. The van der Waals surface area contributed by atoms with E-state index < -0.39 is 23.8 Å². The number of rotatable bonds is 9. The van der Waals surface area contributed by atoms with Gasteiger partial charge in [-0.25, -0.2) is 9.67 Å². The Hall–Kier alpha value is -3.48. The topological polar surface area (TPSA) is 116 Å². The lowest BCUT2D eigenvalue weighted by atomic mass is 10.2. The first kappa shape index (κ1) is 23.2. The first-order valence-electron chi connectivity index (χ1n) is 9.30. The lowest BCUT2D eigenvalue weighted by Gasteiger charge is -2.15. The Kier molecular flexibility index (Phi) is 7.41. The summed E-state index contributed by atoms with van der Waals surface area (Å²) < 4.78 is 35.7. The van der Waals surface area contributed by atoms with E-state index in [0.29, 0.717) is 5.56 Å². The van der Waals surface area contributed by atoms with Gasteiger partial charge in [-0.1, -0.05) is 6.07 Å². The number of carbonyl (C=O) groups is 3. The summed E-state index contributed by atoms with van der Waals surface area (Å²) in [7, 11) is 1.29. The number of benzene rings is 1. The van der Waals surface area contributed by atoms with Gasteiger partial charge in [0.05, 0.1) is 12.0 Å². The molecular weight excluding hydrogens is 448 g/mol. The summed E-state index contributed by atoms with van der Waals surface area (Å²) in [6.07, 6.45) is 4.17. The van der Waals surface area contributed by atoms with Crippen molar-refractivity contribution >= 4 is 34.9 Å². The fourth-order valence-electron chi connectivity index (χ4n) is 2.79. The van der Waals surface area contributed by atoms with Crippen LogP contribution in [0, 0.1) is 0 Å². The van der Waals surface area contributed by atoms with Crippen molar-refractivity contribution in [2.24, 2.45) is 0 Å². The number of amides is 3. The predicted octanol–water partition coefficient (Wildman–Crippen LogP) is 2.30. The van der Waals surface area contributed by atoms with E-state index in [1.807, 2.05) is 0 Å². The minimum atomic E-state index is -3.01. The van der Waals surface area contributed by atoms with Gasteiger partial charge in [0.1, 0.15) is 18.7 Å². The average Bonchev–Trinajstić information content (AvgIpc) is 3.38. The number of nitrogens with one attached hydrogen (secondary N) is 1. The molecule has 1 unspecified atom stereocenters. The van der Waals surface area contributed by atoms with Gasteiger partial charge in [0, 0.05) is 13.1 Å². The van der Waals surface area contributed by atoms with E-state index in [0.717, 1.165) is 16.7 Å². The van der Waals surface area contributed by atoms with Crippen molar-refractivity contribution in [1.29, 1.82) is 0 Å². The van der Waals surface area contributed by atoms with Gasteiger partial charge in [0.25, 0.3) is 11.1 Å². The monoisotopic (exact) mass is 467 g/mol. The third kappa shape index (κ3) is 5.41. The number of thioether (sulfide) groups is 1. The number of nitrogens with zero attached hydrogens (tertiary/aromatic N) is 4. The molecule has 0 spiro atoms. The van der Waals surface area contributed by atoms with E-state index in [4.69, 9.17) is 4.74 Å². The second-order valence-corrected chi connectivity index (χ2v) is 7.46. The fourth-order valence-corrected chi connectivity index (χ4v) is 3.65. The lowest BCUT2D eigenvalue weighted by Crippen LogP contribution is -2.39. The van der Waals surface area contributed by atoms with E-state index in [2.05, 4.69) is 20.1 Å². The number of hydrogen-bond donors (Lipinski definition) is 1. The van der Waals surface area contributed by atoms with Crippen LogP contribution in [0.5, 0.6) is 11.5 Å². The van der Waals surface area contributed by atoms with Gasteiger partial charge in [0.2, 0.25) is 5.91 Å². The first-order chi connectivity index (χ1) is 15.3. The minimum Gasteiger partial charge on any atom is -0.493 e. The number of carbonyl (C=O) groups excluding carboxylic acids is 3. The quantitative estimate of drug-likeness (QED) is 0.559. The number of ether oxygens (including phenoxy) is 2. The van der Waals surface area contributed by atoms with Crippen molar-refractivity contribution < 1.29 is 32.6 Å². The van der Waals surface area contributed by atoms with Crippen molar-refractivity contribution in [1.82, 2.24) is 25.0 Å². The van der Waals surface area contributed by atoms with Gasteiger partial charge < -0.3 is 14.8 Å². The molecule has 1 saturated heterocycles. The lowest BCUT2D eigenvalue weighted by molar-refractivity contribution is -0.125. The van der Waals surface area contributed by atoms with Crippen molar-refractivity contribution in [3.05, 3.63) is 41.3 Å². The molecule has 1 aromatic carbocycles. The van der Waals surface area contributed by atoms with Crippen LogP contribution < -0.4 is 14.8 Å². The van der Waals surface area contributed by atoms with Gasteiger partial charge in [-0.3, -0.25) is 19.3 Å². The molecule has 13 heteroatoms. The second-order valence-electron chi connectivity index (χ2n) is 6.46. The largest absolute Gasteiger partial charge is 0.493 e. The molecule has 10 nitrogen and oxygen atoms in total. The zero-order valence-corrected chi connectivity index (χ0v) is 17.8. The maximum Gasteiger partial charge on any atom is 0.387 e. The van der Waals surface area contributed by atoms with Gasteiger partial charge in [-0.2, -0.15) is 13.9 Å². The van der Waals surface area contributed by atoms with Crippen LogP contribution in [0.15, 0.2) is 35.8 Å². The molecule has 0 aliphatic carbocycles. The van der Waals surface area contributed by atoms with E-state index >= 15 is 0 Å². The number of alkyl halides is 2. The maximum atomic E-state index is 12.6. The zero-order valence-electron chi connectivity index (χ0n) is 17.0. The molecule has 1 aliphatic rings. The van der Waals surface area contributed by atoms with Crippen LogP contribution in [0.25, 0.3) is 6.08 Å². The Balaban J connectivity index is 1.61. The number of aromatic nitrogens is 3. The number of imide groups is 1. The van der Waals surface area contributed by atoms with Crippen LogP contribution in [0.2, 0.25) is 0 Å². The molecular formula is C19H19F2N5O5S. The smallest absolute Gasteiger partial charge is 0.387 e. The Morgan fingerprint density at radius 2 is 2.09 bits per heavy atom. The third-order valence-corrected chi connectivity index (χ3v) is 5.33. The van der Waals surface area contributed by atoms with Crippen LogP contribution in [0.4, 0.5) is 13.6 Å². The van der Waals surface area contributed by atoms with E-state index in [1.54, 1.807) is 6.92 Å². The highest BCUT2D eigenvalue weighted by molar-refractivity contribution is 8.18. The highest BCUT2D eigenvalue weighted by Gasteiger charge is 2.34. The van der Waals surface area contributed by atoms with Crippen LogP contribution in [0.3, 0.4) is 0 Å². The first-order valence-corrected chi connectivity index (χ1v) is 10.1. The highest BCUT2D eigenvalue weighted by Crippen LogP contribution is 2.34. The Morgan fingerprint density at radius 1 is 1.31 bits per heavy atom. The van der Waals surface area contributed by atoms with Crippen LogP contribution >= 0.6 is 11.8 Å². The zero-order chi connectivity index (χ0) is 23.3. The highest BCUT2D eigenvalue weighted by atomic mass is 32.2. The molecule has 170 valence electrons. The van der Waals surface area contributed by atoms with Gasteiger partial charge in [-0.15, -0.1) is 0 Å². The summed E-state index contributed by atoms with van der Waals surface area (Å²) in [6, 6.07) is 3.56. The number of halogens is 2. The molecule has 1 N–H and O–H groups in total. The summed E-state index contributed by atoms with van der Waals surface area (Å²) in [6.45, 7) is -1.32. The third-order valence-electron chi connectivity index (χ3n) is 4.42.